The van der Waals surface area contributed by atoms with Crippen LogP contribution in [0.1, 0.15) is 48.9 Å². The van der Waals surface area contributed by atoms with Crippen molar-refractivity contribution >= 4 is 16.9 Å². The van der Waals surface area contributed by atoms with Gasteiger partial charge in [0.1, 0.15) is 17.1 Å². The fourth-order valence-electron chi connectivity index (χ4n) is 3.68. The van der Waals surface area contributed by atoms with Crippen molar-refractivity contribution in [3.05, 3.63) is 64.3 Å². The highest BCUT2D eigenvalue weighted by atomic mass is 16.5. The van der Waals surface area contributed by atoms with Crippen LogP contribution in [0.2, 0.25) is 0 Å². The van der Waals surface area contributed by atoms with Crippen molar-refractivity contribution in [2.24, 2.45) is 0 Å². The molecular weight excluding hydrogens is 356 g/mol. The second-order valence-corrected chi connectivity index (χ2v) is 7.25. The summed E-state index contributed by atoms with van der Waals surface area (Å²) in [4.78, 5) is 23.6. The number of hydrogen-bond donors (Lipinski definition) is 1. The predicted octanol–water partition coefficient (Wildman–Crippen LogP) is 5.26. The highest BCUT2D eigenvalue weighted by Crippen LogP contribution is 2.27. The average Bonchev–Trinajstić information content (AvgIpc) is 2.97. The van der Waals surface area contributed by atoms with Gasteiger partial charge in [-0.2, -0.15) is 0 Å². The molecule has 0 radical (unpaired) electrons. The summed E-state index contributed by atoms with van der Waals surface area (Å²) in [6.45, 7) is 0. The molecule has 2 aromatic carbocycles. The fraction of sp³-hybridized carbons (Fsp3) is 0.304. The first kappa shape index (κ1) is 18.3. The number of hydrogen-bond acceptors (Lipinski definition) is 4. The Balaban J connectivity index is 1.62. The number of carbonyl (C=O) groups is 1. The van der Waals surface area contributed by atoms with Gasteiger partial charge in [-0.3, -0.25) is 4.79 Å². The van der Waals surface area contributed by atoms with Gasteiger partial charge < -0.3 is 14.3 Å². The van der Waals surface area contributed by atoms with E-state index in [0.717, 1.165) is 12.8 Å². The third-order valence-corrected chi connectivity index (χ3v) is 5.22. The van der Waals surface area contributed by atoms with Gasteiger partial charge >= 0.3 is 5.97 Å². The SMILES string of the molecule is O=C(O)c1ccc(-c2cc(=O)c3cc(OC4CCCCCC4)ccc3o2)cc1. The summed E-state index contributed by atoms with van der Waals surface area (Å²) in [7, 11) is 0. The quantitative estimate of drug-likeness (QED) is 0.627. The van der Waals surface area contributed by atoms with Gasteiger partial charge in [0, 0.05) is 11.6 Å². The van der Waals surface area contributed by atoms with Crippen LogP contribution >= 0.6 is 0 Å². The number of ether oxygens (including phenoxy) is 1. The van der Waals surface area contributed by atoms with Crippen molar-refractivity contribution < 1.29 is 19.1 Å². The smallest absolute Gasteiger partial charge is 0.335 e. The van der Waals surface area contributed by atoms with Crippen LogP contribution in [-0.4, -0.2) is 17.2 Å². The highest BCUT2D eigenvalue weighted by Gasteiger charge is 2.15. The minimum absolute atomic E-state index is 0.148. The van der Waals surface area contributed by atoms with E-state index < -0.39 is 5.97 Å². The van der Waals surface area contributed by atoms with Crippen molar-refractivity contribution in [1.82, 2.24) is 0 Å². The molecule has 5 heteroatoms. The summed E-state index contributed by atoms with van der Waals surface area (Å²) in [6.07, 6.45) is 7.21. The van der Waals surface area contributed by atoms with Crippen LogP contribution in [0.4, 0.5) is 0 Å². The average molecular weight is 378 g/mol. The number of aromatic carboxylic acids is 1. The van der Waals surface area contributed by atoms with E-state index in [1.54, 1.807) is 24.3 Å². The van der Waals surface area contributed by atoms with Crippen molar-refractivity contribution in [1.29, 1.82) is 0 Å². The molecule has 1 heterocycles. The maximum absolute atomic E-state index is 12.6. The molecule has 0 bridgehead atoms. The Kier molecular flexibility index (Phi) is 5.15. The molecule has 1 aromatic heterocycles. The summed E-state index contributed by atoms with van der Waals surface area (Å²) >= 11 is 0. The Bertz CT molecular complexity index is 1040. The zero-order valence-corrected chi connectivity index (χ0v) is 15.5. The van der Waals surface area contributed by atoms with Gasteiger partial charge in [-0.15, -0.1) is 0 Å². The lowest BCUT2D eigenvalue weighted by Crippen LogP contribution is -2.15. The summed E-state index contributed by atoms with van der Waals surface area (Å²) in [5.41, 5.74) is 1.18. The minimum Gasteiger partial charge on any atom is -0.490 e. The number of fused-ring (bicyclic) bond motifs is 1. The first-order valence-corrected chi connectivity index (χ1v) is 9.68. The monoisotopic (exact) mass is 378 g/mol. The van der Waals surface area contributed by atoms with E-state index in [9.17, 15) is 9.59 Å². The van der Waals surface area contributed by atoms with Gasteiger partial charge in [0.2, 0.25) is 0 Å². The van der Waals surface area contributed by atoms with E-state index in [4.69, 9.17) is 14.3 Å². The second-order valence-electron chi connectivity index (χ2n) is 7.25. The molecular formula is C23H22O5. The first-order valence-electron chi connectivity index (χ1n) is 9.68. The van der Waals surface area contributed by atoms with E-state index in [1.165, 1.54) is 43.9 Å². The van der Waals surface area contributed by atoms with Gasteiger partial charge in [0.05, 0.1) is 17.1 Å². The van der Waals surface area contributed by atoms with E-state index in [1.807, 2.05) is 6.07 Å². The standard InChI is InChI=1S/C23H22O5/c24-20-14-22(15-7-9-16(10-8-15)23(25)26)28-21-12-11-18(13-19(20)21)27-17-5-3-1-2-4-6-17/h7-14,17H,1-6H2,(H,25,26). The largest absolute Gasteiger partial charge is 0.490 e. The van der Waals surface area contributed by atoms with Gasteiger partial charge in [-0.05, 0) is 56.0 Å². The van der Waals surface area contributed by atoms with Crippen molar-refractivity contribution in [2.45, 2.75) is 44.6 Å². The topological polar surface area (TPSA) is 76.7 Å². The summed E-state index contributed by atoms with van der Waals surface area (Å²) in [5, 5.41) is 9.49. The molecule has 4 rings (SSSR count). The molecule has 1 aliphatic carbocycles. The molecule has 0 aliphatic heterocycles. The zero-order valence-electron chi connectivity index (χ0n) is 15.5. The lowest BCUT2D eigenvalue weighted by atomic mass is 10.1. The predicted molar refractivity (Wildman–Crippen MR) is 107 cm³/mol. The molecule has 1 N–H and O–H groups in total. The third-order valence-electron chi connectivity index (χ3n) is 5.22. The minimum atomic E-state index is -0.993. The number of carboxylic acids is 1. The fourth-order valence-corrected chi connectivity index (χ4v) is 3.68. The van der Waals surface area contributed by atoms with E-state index in [-0.39, 0.29) is 17.1 Å². The first-order chi connectivity index (χ1) is 13.6. The summed E-state index contributed by atoms with van der Waals surface area (Å²) in [5.74, 6) is 0.116. The zero-order chi connectivity index (χ0) is 19.5. The van der Waals surface area contributed by atoms with Crippen molar-refractivity contribution in [3.63, 3.8) is 0 Å². The number of benzene rings is 2. The maximum Gasteiger partial charge on any atom is 0.335 e. The van der Waals surface area contributed by atoms with E-state index >= 15 is 0 Å². The summed E-state index contributed by atoms with van der Waals surface area (Å²) < 4.78 is 12.0. The Labute approximate surface area is 162 Å². The van der Waals surface area contributed by atoms with Crippen LogP contribution in [0.25, 0.3) is 22.3 Å². The lowest BCUT2D eigenvalue weighted by molar-refractivity contribution is 0.0697. The normalized spacial score (nSPS) is 15.3. The lowest BCUT2D eigenvalue weighted by Gasteiger charge is -2.17. The Morgan fingerprint density at radius 1 is 0.964 bits per heavy atom. The summed E-state index contributed by atoms with van der Waals surface area (Å²) in [6, 6.07) is 13.0. The molecule has 0 amide bonds. The van der Waals surface area contributed by atoms with Gasteiger partial charge in [-0.1, -0.05) is 25.0 Å². The van der Waals surface area contributed by atoms with Crippen LogP contribution in [-0.2, 0) is 0 Å². The second kappa shape index (κ2) is 7.89. The van der Waals surface area contributed by atoms with Gasteiger partial charge in [0.25, 0.3) is 0 Å². The van der Waals surface area contributed by atoms with Crippen LogP contribution in [0.15, 0.2) is 57.7 Å². The molecule has 28 heavy (non-hydrogen) atoms. The number of carboxylic acid groups (broad SMARTS) is 1. The maximum atomic E-state index is 12.6. The molecule has 5 nitrogen and oxygen atoms in total. The van der Waals surface area contributed by atoms with Crippen molar-refractivity contribution in [3.8, 4) is 17.1 Å². The van der Waals surface area contributed by atoms with Gasteiger partial charge in [0.15, 0.2) is 5.43 Å². The van der Waals surface area contributed by atoms with Crippen LogP contribution < -0.4 is 10.2 Å². The van der Waals surface area contributed by atoms with E-state index in [2.05, 4.69) is 0 Å². The Morgan fingerprint density at radius 2 is 1.68 bits per heavy atom. The highest BCUT2D eigenvalue weighted by molar-refractivity contribution is 5.88. The van der Waals surface area contributed by atoms with E-state index in [0.29, 0.717) is 28.0 Å². The Morgan fingerprint density at radius 3 is 2.36 bits per heavy atom. The van der Waals surface area contributed by atoms with Crippen LogP contribution in [0.5, 0.6) is 5.75 Å². The molecule has 3 aromatic rings. The number of rotatable bonds is 4. The molecule has 1 aliphatic rings. The van der Waals surface area contributed by atoms with Crippen LogP contribution in [0, 0.1) is 0 Å². The molecule has 0 spiro atoms. The molecule has 144 valence electrons. The molecule has 0 saturated heterocycles. The Hall–Kier alpha value is -3.08. The van der Waals surface area contributed by atoms with Crippen LogP contribution in [0.3, 0.4) is 0 Å². The molecule has 1 fully saturated rings. The molecule has 1 saturated carbocycles. The molecule has 0 unspecified atom stereocenters. The molecule has 0 atom stereocenters. The van der Waals surface area contributed by atoms with Crippen molar-refractivity contribution in [2.75, 3.05) is 0 Å². The van der Waals surface area contributed by atoms with Gasteiger partial charge in [-0.25, -0.2) is 4.79 Å². The third kappa shape index (κ3) is 3.93.